The van der Waals surface area contributed by atoms with Gasteiger partial charge in [0, 0.05) is 28.4 Å². The topological polar surface area (TPSA) is 63.8 Å². The molecule has 7 heteroatoms. The number of aromatic nitrogens is 2. The van der Waals surface area contributed by atoms with Crippen molar-refractivity contribution in [2.45, 2.75) is 19.9 Å². The van der Waals surface area contributed by atoms with Crippen LogP contribution < -0.4 is 11.1 Å². The first-order chi connectivity index (χ1) is 9.38. The Hall–Kier alpha value is -1.23. The number of benzene rings is 1. The summed E-state index contributed by atoms with van der Waals surface area (Å²) >= 11 is 18.2. The molecule has 2 rings (SSSR count). The number of nitrogens with one attached hydrogen (secondary N) is 1. The predicted octanol–water partition coefficient (Wildman–Crippen LogP) is 4.51. The molecule has 0 saturated heterocycles. The Morgan fingerprint density at radius 1 is 1.15 bits per heavy atom. The average Bonchev–Trinajstić information content (AvgIpc) is 2.33. The highest BCUT2D eigenvalue weighted by molar-refractivity contribution is 6.45. The SMILES string of the molecule is CC(C)Nc1ncc(-c2cc(Cl)cc(Cl)c2Cl)c(N)n1. The van der Waals surface area contributed by atoms with Crippen LogP contribution in [0.2, 0.25) is 15.1 Å². The summed E-state index contributed by atoms with van der Waals surface area (Å²) in [6, 6.07) is 3.46. The van der Waals surface area contributed by atoms with Crippen molar-refractivity contribution in [3.63, 3.8) is 0 Å². The molecule has 0 aliphatic heterocycles. The summed E-state index contributed by atoms with van der Waals surface area (Å²) in [5, 5.41) is 4.28. The molecule has 1 aromatic carbocycles. The molecule has 0 saturated carbocycles. The number of nitrogens with two attached hydrogens (primary N) is 1. The second-order valence-corrected chi connectivity index (χ2v) is 5.76. The first kappa shape index (κ1) is 15.2. The summed E-state index contributed by atoms with van der Waals surface area (Å²) in [5.41, 5.74) is 7.16. The lowest BCUT2D eigenvalue weighted by atomic mass is 10.1. The van der Waals surface area contributed by atoms with Crippen LogP contribution in [0.15, 0.2) is 18.3 Å². The van der Waals surface area contributed by atoms with Crippen molar-refractivity contribution in [2.24, 2.45) is 0 Å². The molecule has 0 fully saturated rings. The van der Waals surface area contributed by atoms with E-state index in [1.165, 1.54) is 0 Å². The predicted molar refractivity (Wildman–Crippen MR) is 85.7 cm³/mol. The Labute approximate surface area is 132 Å². The fraction of sp³-hybridized carbons (Fsp3) is 0.231. The van der Waals surface area contributed by atoms with Gasteiger partial charge in [0.05, 0.1) is 10.0 Å². The minimum atomic E-state index is 0.212. The number of nitrogen functional groups attached to an aromatic ring is 1. The zero-order valence-corrected chi connectivity index (χ0v) is 13.2. The molecular weight excluding hydrogens is 319 g/mol. The van der Waals surface area contributed by atoms with Crippen LogP contribution in [-0.2, 0) is 0 Å². The number of nitrogens with zero attached hydrogens (tertiary/aromatic N) is 2. The lowest BCUT2D eigenvalue weighted by Gasteiger charge is -2.12. The van der Waals surface area contributed by atoms with Crippen LogP contribution in [0.5, 0.6) is 0 Å². The minimum absolute atomic E-state index is 0.212. The van der Waals surface area contributed by atoms with Crippen molar-refractivity contribution >= 4 is 46.6 Å². The zero-order valence-electron chi connectivity index (χ0n) is 10.9. The van der Waals surface area contributed by atoms with Crippen LogP contribution in [0, 0.1) is 0 Å². The van der Waals surface area contributed by atoms with E-state index in [-0.39, 0.29) is 6.04 Å². The second-order valence-electron chi connectivity index (χ2n) is 4.54. The smallest absolute Gasteiger partial charge is 0.224 e. The Bertz CT molecular complexity index is 644. The van der Waals surface area contributed by atoms with Gasteiger partial charge >= 0.3 is 0 Å². The zero-order chi connectivity index (χ0) is 14.9. The van der Waals surface area contributed by atoms with E-state index in [9.17, 15) is 0 Å². The van der Waals surface area contributed by atoms with Gasteiger partial charge in [0.25, 0.3) is 0 Å². The molecule has 1 heterocycles. The molecular formula is C13H13Cl3N4. The van der Waals surface area contributed by atoms with E-state index in [1.54, 1.807) is 18.3 Å². The van der Waals surface area contributed by atoms with E-state index < -0.39 is 0 Å². The molecule has 4 nitrogen and oxygen atoms in total. The van der Waals surface area contributed by atoms with Gasteiger partial charge in [-0.15, -0.1) is 0 Å². The van der Waals surface area contributed by atoms with Crippen molar-refractivity contribution in [2.75, 3.05) is 11.1 Å². The van der Waals surface area contributed by atoms with Crippen molar-refractivity contribution in [3.8, 4) is 11.1 Å². The Morgan fingerprint density at radius 3 is 2.45 bits per heavy atom. The molecule has 3 N–H and O–H groups in total. The molecule has 20 heavy (non-hydrogen) atoms. The van der Waals surface area contributed by atoms with Crippen molar-refractivity contribution in [1.29, 1.82) is 0 Å². The minimum Gasteiger partial charge on any atom is -0.383 e. The van der Waals surface area contributed by atoms with Gasteiger partial charge in [0.2, 0.25) is 5.95 Å². The molecule has 0 amide bonds. The normalized spacial score (nSPS) is 10.9. The number of rotatable bonds is 3. The Balaban J connectivity index is 2.49. The molecule has 106 valence electrons. The largest absolute Gasteiger partial charge is 0.383 e. The van der Waals surface area contributed by atoms with Crippen molar-refractivity contribution < 1.29 is 0 Å². The highest BCUT2D eigenvalue weighted by Gasteiger charge is 2.14. The maximum atomic E-state index is 6.18. The molecule has 0 atom stereocenters. The third-order valence-corrected chi connectivity index (χ3v) is 3.54. The van der Waals surface area contributed by atoms with Gasteiger partial charge in [-0.25, -0.2) is 4.98 Å². The van der Waals surface area contributed by atoms with Crippen LogP contribution in [0.4, 0.5) is 11.8 Å². The highest BCUT2D eigenvalue weighted by Crippen LogP contribution is 2.38. The summed E-state index contributed by atoms with van der Waals surface area (Å²) < 4.78 is 0. The summed E-state index contributed by atoms with van der Waals surface area (Å²) in [6.07, 6.45) is 1.60. The fourth-order valence-electron chi connectivity index (χ4n) is 1.68. The number of anilines is 2. The van der Waals surface area contributed by atoms with Gasteiger partial charge in [-0.1, -0.05) is 34.8 Å². The van der Waals surface area contributed by atoms with Gasteiger partial charge in [-0.2, -0.15) is 4.98 Å². The Kier molecular flexibility index (Phi) is 4.58. The van der Waals surface area contributed by atoms with E-state index in [1.807, 2.05) is 13.8 Å². The highest BCUT2D eigenvalue weighted by atomic mass is 35.5. The number of halogens is 3. The van der Waals surface area contributed by atoms with Crippen molar-refractivity contribution in [3.05, 3.63) is 33.4 Å². The molecule has 2 aromatic rings. The third kappa shape index (κ3) is 3.26. The van der Waals surface area contributed by atoms with Crippen LogP contribution in [-0.4, -0.2) is 16.0 Å². The Morgan fingerprint density at radius 2 is 1.85 bits per heavy atom. The first-order valence-electron chi connectivity index (χ1n) is 5.92. The van der Waals surface area contributed by atoms with E-state index in [0.29, 0.717) is 38.0 Å². The summed E-state index contributed by atoms with van der Waals surface area (Å²) in [6.45, 7) is 3.97. The number of hydrogen-bond acceptors (Lipinski definition) is 4. The molecule has 1 aromatic heterocycles. The van der Waals surface area contributed by atoms with Crippen molar-refractivity contribution in [1.82, 2.24) is 9.97 Å². The van der Waals surface area contributed by atoms with Gasteiger partial charge in [0.15, 0.2) is 0 Å². The van der Waals surface area contributed by atoms with E-state index in [4.69, 9.17) is 40.5 Å². The average molecular weight is 332 g/mol. The molecule has 0 spiro atoms. The summed E-state index contributed by atoms with van der Waals surface area (Å²) in [5.74, 6) is 0.772. The van der Waals surface area contributed by atoms with Crippen LogP contribution in [0.1, 0.15) is 13.8 Å². The maximum Gasteiger partial charge on any atom is 0.224 e. The third-order valence-electron chi connectivity index (χ3n) is 2.52. The monoisotopic (exact) mass is 330 g/mol. The lowest BCUT2D eigenvalue weighted by Crippen LogP contribution is -2.13. The summed E-state index contributed by atoms with van der Waals surface area (Å²) in [4.78, 5) is 8.41. The first-order valence-corrected chi connectivity index (χ1v) is 7.06. The van der Waals surface area contributed by atoms with Gasteiger partial charge in [-0.3, -0.25) is 0 Å². The van der Waals surface area contributed by atoms with E-state index in [2.05, 4.69) is 15.3 Å². The summed E-state index contributed by atoms with van der Waals surface area (Å²) in [7, 11) is 0. The van der Waals surface area contributed by atoms with Gasteiger partial charge in [0.1, 0.15) is 5.82 Å². The molecule has 0 bridgehead atoms. The van der Waals surface area contributed by atoms with Crippen LogP contribution >= 0.6 is 34.8 Å². The molecule has 0 unspecified atom stereocenters. The fourth-order valence-corrected chi connectivity index (χ4v) is 2.39. The maximum absolute atomic E-state index is 6.18. The molecule has 0 aliphatic carbocycles. The van der Waals surface area contributed by atoms with Gasteiger partial charge in [-0.05, 0) is 26.0 Å². The lowest BCUT2D eigenvalue weighted by molar-refractivity contribution is 0.875. The second kappa shape index (κ2) is 6.04. The standard InChI is InChI=1S/C13H13Cl3N4/c1-6(2)19-13-18-5-9(12(17)20-13)8-3-7(14)4-10(15)11(8)16/h3-6H,1-2H3,(H3,17,18,19,20). The number of hydrogen-bond donors (Lipinski definition) is 2. The van der Waals surface area contributed by atoms with Crippen LogP contribution in [0.3, 0.4) is 0 Å². The van der Waals surface area contributed by atoms with Gasteiger partial charge < -0.3 is 11.1 Å². The van der Waals surface area contributed by atoms with Crippen LogP contribution in [0.25, 0.3) is 11.1 Å². The quantitative estimate of drug-likeness (QED) is 0.812. The van der Waals surface area contributed by atoms with E-state index in [0.717, 1.165) is 0 Å². The molecule has 0 radical (unpaired) electrons. The molecule has 0 aliphatic rings. The van der Waals surface area contributed by atoms with E-state index >= 15 is 0 Å².